The van der Waals surface area contributed by atoms with E-state index in [4.69, 9.17) is 4.74 Å². The first-order valence-electron chi connectivity index (χ1n) is 11.0. The largest absolute Gasteiger partial charge is 0.491 e. The number of aromatic amines is 1. The van der Waals surface area contributed by atoms with Crippen LogP contribution in [0.4, 0.5) is 5.95 Å². The van der Waals surface area contributed by atoms with E-state index in [1.165, 1.54) is 4.57 Å². The summed E-state index contributed by atoms with van der Waals surface area (Å²) in [5.74, 6) is 1.17. The maximum atomic E-state index is 12.7. The Hall–Kier alpha value is -3.15. The second-order valence-electron chi connectivity index (χ2n) is 8.34. The van der Waals surface area contributed by atoms with E-state index < -0.39 is 17.4 Å². The number of H-pyrrole nitrogens is 1. The zero-order valence-corrected chi connectivity index (χ0v) is 18.9. The summed E-state index contributed by atoms with van der Waals surface area (Å²) in [6.45, 7) is 5.56. The molecule has 1 aliphatic heterocycles. The second-order valence-corrected chi connectivity index (χ2v) is 8.34. The minimum absolute atomic E-state index is 0.0378. The summed E-state index contributed by atoms with van der Waals surface area (Å²) in [7, 11) is 1.55. The van der Waals surface area contributed by atoms with Crippen molar-refractivity contribution in [3.63, 3.8) is 0 Å². The molecule has 1 aromatic carbocycles. The Kier molecular flexibility index (Phi) is 6.82. The smallest absolute Gasteiger partial charge is 0.329 e. The predicted octanol–water partition coefficient (Wildman–Crippen LogP) is -0.714. The van der Waals surface area contributed by atoms with E-state index in [9.17, 15) is 19.8 Å². The van der Waals surface area contributed by atoms with E-state index in [1.807, 2.05) is 36.1 Å². The van der Waals surface area contributed by atoms with Gasteiger partial charge in [0.15, 0.2) is 11.2 Å². The number of nitrogens with one attached hydrogen (secondary N) is 1. The highest BCUT2D eigenvalue weighted by molar-refractivity contribution is 5.74. The van der Waals surface area contributed by atoms with E-state index >= 15 is 0 Å². The fourth-order valence-electron chi connectivity index (χ4n) is 4.04. The van der Waals surface area contributed by atoms with Crippen LogP contribution in [0.25, 0.3) is 11.2 Å². The molecule has 1 saturated heterocycles. The molecule has 0 spiro atoms. The Balaban J connectivity index is 1.61. The van der Waals surface area contributed by atoms with Gasteiger partial charge in [0.1, 0.15) is 18.5 Å². The molecule has 1 fully saturated rings. The number of aliphatic hydroxyl groups excluding tert-OH is 2. The lowest BCUT2D eigenvalue weighted by Gasteiger charge is -2.35. The number of hydrogen-bond donors (Lipinski definition) is 3. The molecule has 178 valence electrons. The van der Waals surface area contributed by atoms with Crippen LogP contribution in [0.2, 0.25) is 0 Å². The normalized spacial score (nSPS) is 15.8. The zero-order valence-electron chi connectivity index (χ0n) is 18.9. The van der Waals surface area contributed by atoms with Crippen molar-refractivity contribution in [2.75, 3.05) is 50.8 Å². The van der Waals surface area contributed by atoms with Gasteiger partial charge in [0.05, 0.1) is 13.2 Å². The van der Waals surface area contributed by atoms with Crippen molar-refractivity contribution in [1.29, 1.82) is 0 Å². The third-order valence-electron chi connectivity index (χ3n) is 5.91. The van der Waals surface area contributed by atoms with E-state index in [0.29, 0.717) is 31.3 Å². The zero-order chi connectivity index (χ0) is 23.5. The Bertz CT molecular complexity index is 1210. The molecule has 0 saturated carbocycles. The third kappa shape index (κ3) is 4.95. The van der Waals surface area contributed by atoms with Gasteiger partial charge in [0.25, 0.3) is 5.56 Å². The van der Waals surface area contributed by atoms with Gasteiger partial charge in [-0.15, -0.1) is 0 Å². The lowest BCUT2D eigenvalue weighted by Crippen LogP contribution is -2.48. The molecule has 11 nitrogen and oxygen atoms in total. The number of ether oxygens (including phenoxy) is 1. The minimum Gasteiger partial charge on any atom is -0.491 e. The molecule has 0 radical (unpaired) electrons. The number of benzene rings is 1. The number of piperazine rings is 1. The van der Waals surface area contributed by atoms with Crippen LogP contribution in [0.3, 0.4) is 0 Å². The van der Waals surface area contributed by atoms with E-state index in [-0.39, 0.29) is 30.9 Å². The predicted molar refractivity (Wildman–Crippen MR) is 124 cm³/mol. The fraction of sp³-hybridized carbons (Fsp3) is 0.500. The van der Waals surface area contributed by atoms with Gasteiger partial charge in [0.2, 0.25) is 5.95 Å². The van der Waals surface area contributed by atoms with Crippen LogP contribution in [-0.2, 0) is 13.6 Å². The van der Waals surface area contributed by atoms with Crippen molar-refractivity contribution in [3.8, 4) is 5.75 Å². The van der Waals surface area contributed by atoms with Crippen molar-refractivity contribution in [2.45, 2.75) is 19.6 Å². The summed E-state index contributed by atoms with van der Waals surface area (Å²) in [5.41, 5.74) is 0.529. The van der Waals surface area contributed by atoms with Gasteiger partial charge >= 0.3 is 5.69 Å². The highest BCUT2D eigenvalue weighted by atomic mass is 16.5. The van der Waals surface area contributed by atoms with Gasteiger partial charge in [-0.25, -0.2) is 4.79 Å². The van der Waals surface area contributed by atoms with Crippen LogP contribution in [-0.4, -0.2) is 86.3 Å². The van der Waals surface area contributed by atoms with Crippen molar-refractivity contribution < 1.29 is 14.9 Å². The fourth-order valence-corrected chi connectivity index (χ4v) is 4.04. The van der Waals surface area contributed by atoms with Gasteiger partial charge < -0.3 is 24.4 Å². The first-order valence-corrected chi connectivity index (χ1v) is 11.0. The van der Waals surface area contributed by atoms with Crippen LogP contribution in [0, 0.1) is 6.92 Å². The highest BCUT2D eigenvalue weighted by Crippen LogP contribution is 2.22. The number of fused-ring (bicyclic) bond motifs is 1. The van der Waals surface area contributed by atoms with Crippen LogP contribution >= 0.6 is 0 Å². The lowest BCUT2D eigenvalue weighted by atomic mass is 10.2. The Morgan fingerprint density at radius 1 is 1.15 bits per heavy atom. The molecule has 33 heavy (non-hydrogen) atoms. The van der Waals surface area contributed by atoms with Gasteiger partial charge in [0, 0.05) is 39.8 Å². The average molecular weight is 459 g/mol. The summed E-state index contributed by atoms with van der Waals surface area (Å²) in [6, 6.07) is 7.54. The van der Waals surface area contributed by atoms with Crippen LogP contribution in [0.5, 0.6) is 5.75 Å². The molecular weight excluding hydrogens is 428 g/mol. The average Bonchev–Trinajstić information content (AvgIpc) is 3.17. The number of aryl methyl sites for hydroxylation is 2. The molecule has 3 N–H and O–H groups in total. The Labute approximate surface area is 190 Å². The molecule has 11 heteroatoms. The number of nitrogens with zero attached hydrogens (tertiary/aromatic N) is 5. The lowest BCUT2D eigenvalue weighted by molar-refractivity contribution is 0.0935. The van der Waals surface area contributed by atoms with Crippen molar-refractivity contribution in [2.24, 2.45) is 7.05 Å². The number of aliphatic hydroxyl groups is 2. The van der Waals surface area contributed by atoms with Gasteiger partial charge in [-0.3, -0.25) is 19.2 Å². The summed E-state index contributed by atoms with van der Waals surface area (Å²) < 4.78 is 8.68. The van der Waals surface area contributed by atoms with E-state index in [0.717, 1.165) is 18.7 Å². The molecule has 3 heterocycles. The standard InChI is InChI=1S/C22H30N6O5/c1-15-3-5-17(6-4-15)33-14-16(30)13-28-18-19(25(2)22(32)24-20(18)31)23-21(28)27-9-7-26(8-10-27)11-12-29/h3-6,16,29-30H,7-14H2,1-2H3,(H,24,31,32). The molecule has 0 aliphatic carbocycles. The molecule has 1 unspecified atom stereocenters. The summed E-state index contributed by atoms with van der Waals surface area (Å²) in [5, 5.41) is 19.9. The first-order chi connectivity index (χ1) is 15.9. The van der Waals surface area contributed by atoms with Gasteiger partial charge in [-0.05, 0) is 19.1 Å². The highest BCUT2D eigenvalue weighted by Gasteiger charge is 2.26. The number of aromatic nitrogens is 4. The Morgan fingerprint density at radius 2 is 1.85 bits per heavy atom. The molecular formula is C22H30N6O5. The molecule has 4 rings (SSSR count). The van der Waals surface area contributed by atoms with Crippen molar-refractivity contribution in [3.05, 3.63) is 50.7 Å². The van der Waals surface area contributed by atoms with Gasteiger partial charge in [-0.1, -0.05) is 17.7 Å². The molecule has 0 bridgehead atoms. The van der Waals surface area contributed by atoms with Crippen molar-refractivity contribution in [1.82, 2.24) is 24.0 Å². The summed E-state index contributed by atoms with van der Waals surface area (Å²) in [4.78, 5) is 35.9. The summed E-state index contributed by atoms with van der Waals surface area (Å²) in [6.07, 6.45) is -0.908. The monoisotopic (exact) mass is 458 g/mol. The second kappa shape index (κ2) is 9.77. The number of hydrogen-bond acceptors (Lipinski definition) is 8. The number of imidazole rings is 1. The molecule has 3 aromatic rings. The molecule has 1 atom stereocenters. The number of β-amino-alcohol motifs (C(OH)–C–C–N with tert-alkyl or cyclic N) is 1. The van der Waals surface area contributed by atoms with Crippen LogP contribution in [0.1, 0.15) is 5.56 Å². The maximum Gasteiger partial charge on any atom is 0.329 e. The van der Waals surface area contributed by atoms with Crippen LogP contribution in [0.15, 0.2) is 33.9 Å². The number of rotatable bonds is 8. The quantitative estimate of drug-likeness (QED) is 0.404. The number of anilines is 1. The molecule has 1 aliphatic rings. The topological polar surface area (TPSA) is 129 Å². The minimum atomic E-state index is -0.908. The van der Waals surface area contributed by atoms with E-state index in [2.05, 4.69) is 14.9 Å². The third-order valence-corrected chi connectivity index (χ3v) is 5.91. The van der Waals surface area contributed by atoms with Crippen molar-refractivity contribution >= 4 is 17.1 Å². The molecule has 0 amide bonds. The van der Waals surface area contributed by atoms with E-state index in [1.54, 1.807) is 11.6 Å². The van der Waals surface area contributed by atoms with Crippen LogP contribution < -0.4 is 20.9 Å². The SMILES string of the molecule is Cc1ccc(OCC(O)Cn2c(N3CCN(CCO)CC3)nc3c2c(=O)[nH]c(=O)n3C)cc1. The van der Waals surface area contributed by atoms with Gasteiger partial charge in [-0.2, -0.15) is 4.98 Å². The molecule has 2 aromatic heterocycles. The Morgan fingerprint density at radius 3 is 2.52 bits per heavy atom. The maximum absolute atomic E-state index is 12.7. The first kappa shape index (κ1) is 23.0. The summed E-state index contributed by atoms with van der Waals surface area (Å²) >= 11 is 0.